The van der Waals surface area contributed by atoms with Crippen molar-refractivity contribution in [2.75, 3.05) is 26.7 Å². The predicted octanol–water partition coefficient (Wildman–Crippen LogP) is 3.89. The van der Waals surface area contributed by atoms with Crippen LogP contribution in [0.3, 0.4) is 0 Å². The molecule has 170 valence electrons. The fraction of sp³-hybridized carbons (Fsp3) is 0.375. The Bertz CT molecular complexity index is 1210. The molecule has 0 radical (unpaired) electrons. The van der Waals surface area contributed by atoms with Crippen LogP contribution in [0.25, 0.3) is 11.0 Å². The van der Waals surface area contributed by atoms with Gasteiger partial charge in [0.25, 0.3) is 5.91 Å². The van der Waals surface area contributed by atoms with Crippen molar-refractivity contribution in [2.45, 2.75) is 31.6 Å². The number of benzene rings is 2. The molecule has 1 aliphatic rings. The van der Waals surface area contributed by atoms with Gasteiger partial charge < -0.3 is 14.1 Å². The third-order valence-corrected chi connectivity index (χ3v) is 7.61. The number of fused-ring (bicyclic) bond motifs is 1. The van der Waals surface area contributed by atoms with Gasteiger partial charge in [0, 0.05) is 25.0 Å². The minimum atomic E-state index is -3.70. The quantitative estimate of drug-likeness (QED) is 0.608. The van der Waals surface area contributed by atoms with Crippen LogP contribution in [0.4, 0.5) is 0 Å². The van der Waals surface area contributed by atoms with Crippen molar-refractivity contribution in [1.82, 2.24) is 9.62 Å². The van der Waals surface area contributed by atoms with E-state index < -0.39 is 10.0 Å². The molecule has 1 N–H and O–H groups in total. The third kappa shape index (κ3) is 4.52. The lowest BCUT2D eigenvalue weighted by Gasteiger charge is -2.31. The van der Waals surface area contributed by atoms with E-state index in [-0.39, 0.29) is 16.7 Å². The number of carbonyl (C=O) groups excluding carboxylic acids is 1. The lowest BCUT2D eigenvalue weighted by atomic mass is 9.97. The van der Waals surface area contributed by atoms with Gasteiger partial charge in [-0.05, 0) is 68.0 Å². The second-order valence-electron chi connectivity index (χ2n) is 8.32. The molecule has 0 saturated carbocycles. The molecule has 32 heavy (non-hydrogen) atoms. The Kier molecular flexibility index (Phi) is 6.26. The van der Waals surface area contributed by atoms with Gasteiger partial charge in [-0.1, -0.05) is 18.2 Å². The highest BCUT2D eigenvalue weighted by Crippen LogP contribution is 2.28. The van der Waals surface area contributed by atoms with Crippen LogP contribution in [-0.4, -0.2) is 46.0 Å². The van der Waals surface area contributed by atoms with Crippen LogP contribution in [0.5, 0.6) is 5.75 Å². The molecule has 2 aromatic carbocycles. The number of hydrogen-bond donors (Lipinski definition) is 1. The van der Waals surface area contributed by atoms with E-state index in [1.807, 2.05) is 38.1 Å². The number of likely N-dealkylation sites (tertiary alicyclic amines) is 1. The molecule has 4 rings (SSSR count). The second-order valence-corrected chi connectivity index (χ2v) is 10.1. The molecule has 3 aromatic rings. The summed E-state index contributed by atoms with van der Waals surface area (Å²) < 4.78 is 39.5. The van der Waals surface area contributed by atoms with Gasteiger partial charge in [-0.2, -0.15) is 0 Å². The van der Waals surface area contributed by atoms with Gasteiger partial charge in [0.2, 0.25) is 10.0 Å². The van der Waals surface area contributed by atoms with Crippen LogP contribution < -0.4 is 9.46 Å². The van der Waals surface area contributed by atoms with Crippen molar-refractivity contribution in [1.29, 1.82) is 0 Å². The van der Waals surface area contributed by atoms with Crippen LogP contribution >= 0.6 is 0 Å². The normalized spacial score (nSPS) is 15.3. The van der Waals surface area contributed by atoms with Crippen LogP contribution in [0.15, 0.2) is 51.8 Å². The van der Waals surface area contributed by atoms with Crippen molar-refractivity contribution < 1.29 is 22.4 Å². The zero-order valence-corrected chi connectivity index (χ0v) is 19.4. The summed E-state index contributed by atoms with van der Waals surface area (Å²) in [6, 6.07) is 12.7. The first kappa shape index (κ1) is 22.4. The highest BCUT2D eigenvalue weighted by molar-refractivity contribution is 7.89. The monoisotopic (exact) mass is 456 g/mol. The summed E-state index contributed by atoms with van der Waals surface area (Å²) in [5.41, 5.74) is 2.56. The number of furan rings is 1. The van der Waals surface area contributed by atoms with E-state index in [2.05, 4.69) is 4.72 Å². The summed E-state index contributed by atoms with van der Waals surface area (Å²) >= 11 is 0. The fourth-order valence-corrected chi connectivity index (χ4v) is 5.37. The molecule has 0 bridgehead atoms. The number of para-hydroxylation sites is 1. The minimum Gasteiger partial charge on any atom is -0.495 e. The van der Waals surface area contributed by atoms with E-state index in [0.717, 1.165) is 29.4 Å². The summed E-state index contributed by atoms with van der Waals surface area (Å²) in [6.07, 6.45) is 1.44. The molecule has 7 nitrogen and oxygen atoms in total. The van der Waals surface area contributed by atoms with Crippen molar-refractivity contribution >= 4 is 26.9 Å². The first-order chi connectivity index (χ1) is 15.3. The topological polar surface area (TPSA) is 88.9 Å². The van der Waals surface area contributed by atoms with E-state index >= 15 is 0 Å². The van der Waals surface area contributed by atoms with Crippen molar-refractivity contribution in [3.8, 4) is 5.75 Å². The fourth-order valence-electron chi connectivity index (χ4n) is 4.02. The number of nitrogens with one attached hydrogen (secondary N) is 1. The third-order valence-electron chi connectivity index (χ3n) is 6.17. The Morgan fingerprint density at radius 1 is 1.12 bits per heavy atom. The number of piperidine rings is 1. The number of carbonyl (C=O) groups is 1. The first-order valence-corrected chi connectivity index (χ1v) is 12.2. The molecule has 8 heteroatoms. The van der Waals surface area contributed by atoms with Crippen molar-refractivity contribution in [3.05, 3.63) is 59.4 Å². The lowest BCUT2D eigenvalue weighted by molar-refractivity contribution is 0.0662. The van der Waals surface area contributed by atoms with Gasteiger partial charge in [0.1, 0.15) is 16.2 Å². The Labute approximate surface area is 188 Å². The minimum absolute atomic E-state index is 0.125. The Balaban J connectivity index is 1.36. The number of rotatable bonds is 6. The smallest absolute Gasteiger partial charge is 0.289 e. The first-order valence-electron chi connectivity index (χ1n) is 10.7. The van der Waals surface area contributed by atoms with Gasteiger partial charge in [-0.25, -0.2) is 13.1 Å². The van der Waals surface area contributed by atoms with E-state index in [0.29, 0.717) is 36.7 Å². The molecular weight excluding hydrogens is 428 g/mol. The molecule has 1 aliphatic heterocycles. The van der Waals surface area contributed by atoms with Gasteiger partial charge >= 0.3 is 0 Å². The number of methoxy groups -OCH3 is 1. The Morgan fingerprint density at radius 2 is 1.81 bits per heavy atom. The summed E-state index contributed by atoms with van der Waals surface area (Å²) in [6.45, 7) is 5.25. The van der Waals surface area contributed by atoms with Crippen LogP contribution in [0, 0.1) is 19.8 Å². The average molecular weight is 457 g/mol. The summed E-state index contributed by atoms with van der Waals surface area (Å²) in [7, 11) is -2.23. The standard InChI is InChI=1S/C24H28N2O5S/c1-16-12-21(30-3)23(13-17(16)2)32(28,29)25-15-18-8-10-26(11-9-18)24(27)22-14-19-6-4-5-7-20(19)31-22/h4-7,12-14,18,25H,8-11,15H2,1-3H3. The average Bonchev–Trinajstić information content (AvgIpc) is 3.23. The number of ether oxygens (including phenoxy) is 1. The molecule has 0 unspecified atom stereocenters. The maximum atomic E-state index is 12.9. The Hall–Kier alpha value is -2.84. The molecule has 1 amide bonds. The summed E-state index contributed by atoms with van der Waals surface area (Å²) in [5, 5.41) is 0.905. The molecule has 0 aliphatic carbocycles. The maximum Gasteiger partial charge on any atom is 0.289 e. The van der Waals surface area contributed by atoms with Crippen LogP contribution in [0.1, 0.15) is 34.5 Å². The van der Waals surface area contributed by atoms with Crippen LogP contribution in [-0.2, 0) is 10.0 Å². The van der Waals surface area contributed by atoms with Gasteiger partial charge in [-0.3, -0.25) is 4.79 Å². The summed E-state index contributed by atoms with van der Waals surface area (Å²) in [4.78, 5) is 14.7. The van der Waals surface area contributed by atoms with E-state index in [4.69, 9.17) is 9.15 Å². The highest BCUT2D eigenvalue weighted by atomic mass is 32.2. The van der Waals surface area contributed by atoms with Crippen molar-refractivity contribution in [3.63, 3.8) is 0 Å². The number of nitrogens with zero attached hydrogens (tertiary/aromatic N) is 1. The molecule has 2 heterocycles. The number of amides is 1. The highest BCUT2D eigenvalue weighted by Gasteiger charge is 2.27. The molecule has 0 atom stereocenters. The van der Waals surface area contributed by atoms with E-state index in [9.17, 15) is 13.2 Å². The predicted molar refractivity (Wildman–Crippen MR) is 122 cm³/mol. The van der Waals surface area contributed by atoms with Crippen LogP contribution in [0.2, 0.25) is 0 Å². The molecule has 1 saturated heterocycles. The number of sulfonamides is 1. The zero-order valence-electron chi connectivity index (χ0n) is 18.6. The molecule has 0 spiro atoms. The van der Waals surface area contributed by atoms with E-state index in [1.54, 1.807) is 23.1 Å². The maximum absolute atomic E-state index is 12.9. The second kappa shape index (κ2) is 8.96. The van der Waals surface area contributed by atoms with Gasteiger partial charge in [-0.15, -0.1) is 0 Å². The SMILES string of the molecule is COc1cc(C)c(C)cc1S(=O)(=O)NCC1CCN(C(=O)c2cc3ccccc3o2)CC1. The molecule has 1 aromatic heterocycles. The Morgan fingerprint density at radius 3 is 2.50 bits per heavy atom. The lowest BCUT2D eigenvalue weighted by Crippen LogP contribution is -2.41. The van der Waals surface area contributed by atoms with E-state index in [1.165, 1.54) is 7.11 Å². The number of aryl methyl sites for hydroxylation is 2. The zero-order chi connectivity index (χ0) is 22.9. The van der Waals surface area contributed by atoms with Gasteiger partial charge in [0.15, 0.2) is 5.76 Å². The largest absolute Gasteiger partial charge is 0.495 e. The number of hydrogen-bond acceptors (Lipinski definition) is 5. The summed E-state index contributed by atoms with van der Waals surface area (Å²) in [5.74, 6) is 0.709. The van der Waals surface area contributed by atoms with Gasteiger partial charge in [0.05, 0.1) is 7.11 Å². The molecule has 1 fully saturated rings. The molecular formula is C24H28N2O5S. The van der Waals surface area contributed by atoms with Crippen molar-refractivity contribution in [2.24, 2.45) is 5.92 Å².